The molecule has 2 rings (SSSR count). The van der Waals surface area contributed by atoms with Crippen molar-refractivity contribution >= 4 is 5.97 Å². The minimum atomic E-state index is -1.13. The summed E-state index contributed by atoms with van der Waals surface area (Å²) in [4.78, 5) is 14.9. The summed E-state index contributed by atoms with van der Waals surface area (Å²) in [5, 5.41) is 10.9. The van der Waals surface area contributed by atoms with Crippen molar-refractivity contribution in [3.05, 3.63) is 61.5 Å². The van der Waals surface area contributed by atoms with Gasteiger partial charge >= 0.3 is 104 Å². The van der Waals surface area contributed by atoms with E-state index >= 15 is 0 Å². The molecule has 0 radical (unpaired) electrons. The zero-order valence-corrected chi connectivity index (χ0v) is 10.4. The second kappa shape index (κ2) is 5.07. The first-order valence-corrected chi connectivity index (χ1v) is 6.78. The van der Waals surface area contributed by atoms with Gasteiger partial charge in [0.05, 0.1) is 0 Å². The van der Waals surface area contributed by atoms with Crippen molar-refractivity contribution in [3.8, 4) is 0 Å². The summed E-state index contributed by atoms with van der Waals surface area (Å²) in [6.45, 7) is 0. The van der Waals surface area contributed by atoms with Crippen LogP contribution in [0.3, 0.4) is 0 Å². The van der Waals surface area contributed by atoms with Crippen molar-refractivity contribution in [1.29, 1.82) is 0 Å². The Kier molecular flexibility index (Phi) is 3.51. The van der Waals surface area contributed by atoms with Crippen molar-refractivity contribution in [2.24, 2.45) is 0 Å². The number of benzene rings is 1. The van der Waals surface area contributed by atoms with E-state index in [1.807, 2.05) is 30.3 Å². The number of carbonyl (C=O) groups is 1. The molecule has 16 heavy (non-hydrogen) atoms. The quantitative estimate of drug-likeness (QED) is 0.590. The van der Waals surface area contributed by atoms with Crippen molar-refractivity contribution in [3.63, 3.8) is 0 Å². The van der Waals surface area contributed by atoms with Crippen LogP contribution in [0.25, 0.3) is 0 Å². The summed E-state index contributed by atoms with van der Waals surface area (Å²) in [5.74, 6) is -1.13. The first-order valence-electron chi connectivity index (χ1n) is 4.62. The number of carbonyl (C=O) groups excluding carboxylic acids is 1. The first kappa shape index (κ1) is 11.1. The summed E-state index contributed by atoms with van der Waals surface area (Å²) in [6.07, 6.45) is 3.09. The van der Waals surface area contributed by atoms with Crippen molar-refractivity contribution in [1.82, 2.24) is 4.98 Å². The summed E-state index contributed by atoms with van der Waals surface area (Å²) in [5.41, 5.74) is 0.256. The van der Waals surface area contributed by atoms with Gasteiger partial charge in [0, 0.05) is 0 Å². The molecule has 0 aliphatic heterocycles. The van der Waals surface area contributed by atoms with Gasteiger partial charge in [0.1, 0.15) is 0 Å². The molecule has 0 amide bonds. The van der Waals surface area contributed by atoms with Crippen molar-refractivity contribution in [2.45, 2.75) is 0 Å². The number of carboxylic acids is 1. The number of hydrogen-bond acceptors (Lipinski definition) is 3. The van der Waals surface area contributed by atoms with Crippen molar-refractivity contribution < 1.29 is 31.1 Å². The van der Waals surface area contributed by atoms with Crippen LogP contribution < -0.4 is 26.3 Å². The van der Waals surface area contributed by atoms with Crippen LogP contribution in [0.1, 0.15) is 10.4 Å². The Morgan fingerprint density at radius 3 is 2.62 bits per heavy atom. The summed E-state index contributed by atoms with van der Waals surface area (Å²) in [7, 11) is 0. The molecule has 0 bridgehead atoms. The zero-order valence-electron chi connectivity index (χ0n) is 8.26. The number of carboxylic acid groups (broad SMARTS) is 1. The molecule has 3 nitrogen and oxygen atoms in total. The molecule has 1 aromatic carbocycles. The van der Waals surface area contributed by atoms with Gasteiger partial charge in [-0.25, -0.2) is 0 Å². The molecule has 82 valence electrons. The fourth-order valence-corrected chi connectivity index (χ4v) is 3.65. The predicted molar refractivity (Wildman–Crippen MR) is 52.4 cm³/mol. The molecule has 0 fully saturated rings. The maximum absolute atomic E-state index is 10.9. The average Bonchev–Trinajstić information content (AvgIpc) is 2.31. The monoisotopic (exact) mass is 325 g/mol. The van der Waals surface area contributed by atoms with E-state index < -0.39 is 27.2 Å². The number of aromatic nitrogens is 1. The van der Waals surface area contributed by atoms with Gasteiger partial charge in [0.25, 0.3) is 0 Å². The molecule has 0 atom stereocenters. The SMILES string of the molecule is O=C([O-])c1ccncc1[I-]c1ccccc1. The van der Waals surface area contributed by atoms with Gasteiger partial charge in [-0.3, -0.25) is 0 Å². The fraction of sp³-hybridized carbons (Fsp3) is 0. The Morgan fingerprint density at radius 1 is 1.19 bits per heavy atom. The Morgan fingerprint density at radius 2 is 1.94 bits per heavy atom. The predicted octanol–water partition coefficient (Wildman–Crippen LogP) is -2.43. The first-order chi connectivity index (χ1) is 7.77. The third-order valence-electron chi connectivity index (χ3n) is 1.94. The van der Waals surface area contributed by atoms with Gasteiger partial charge < -0.3 is 0 Å². The molecule has 1 aromatic heterocycles. The molecule has 2 aromatic rings. The number of nitrogens with zero attached hydrogens (tertiary/aromatic N) is 1. The van der Waals surface area contributed by atoms with Crippen LogP contribution in [0.5, 0.6) is 0 Å². The topological polar surface area (TPSA) is 53.0 Å². The molecule has 1 heterocycles. The summed E-state index contributed by atoms with van der Waals surface area (Å²) in [6, 6.07) is 11.3. The van der Waals surface area contributed by atoms with Crippen molar-refractivity contribution in [2.75, 3.05) is 0 Å². The van der Waals surface area contributed by atoms with E-state index in [-0.39, 0.29) is 5.56 Å². The molecule has 0 aliphatic carbocycles. The van der Waals surface area contributed by atoms with E-state index in [9.17, 15) is 9.90 Å². The van der Waals surface area contributed by atoms with E-state index in [2.05, 4.69) is 4.98 Å². The van der Waals surface area contributed by atoms with Gasteiger partial charge in [0.15, 0.2) is 0 Å². The second-order valence-electron chi connectivity index (χ2n) is 3.03. The summed E-state index contributed by atoms with van der Waals surface area (Å²) >= 11 is -0.510. The number of pyridine rings is 1. The molecule has 0 spiro atoms. The standard InChI is InChI=1S/C12H9INO2/c15-12(16)10-6-7-14-8-11(10)13-9-4-2-1-3-5-9/h1-8H,(H,15,16)/q-1/p-1. The van der Waals surface area contributed by atoms with Crippen LogP contribution in [0.4, 0.5) is 0 Å². The third kappa shape index (κ3) is 2.57. The van der Waals surface area contributed by atoms with Gasteiger partial charge in [-0.2, -0.15) is 0 Å². The van der Waals surface area contributed by atoms with E-state index in [0.717, 1.165) is 7.14 Å². The number of hydrogen-bond donors (Lipinski definition) is 0. The van der Waals surface area contributed by atoms with Crippen LogP contribution in [0, 0.1) is 7.14 Å². The molecular weight excluding hydrogens is 317 g/mol. The Bertz CT molecular complexity index is 499. The molecule has 0 N–H and O–H groups in total. The number of halogens is 1. The molecule has 0 unspecified atom stereocenters. The number of aromatic carboxylic acids is 1. The molecule has 0 saturated heterocycles. The van der Waals surface area contributed by atoms with E-state index in [0.29, 0.717) is 0 Å². The van der Waals surface area contributed by atoms with Crippen LogP contribution in [0.15, 0.2) is 48.8 Å². The molecule has 4 heteroatoms. The van der Waals surface area contributed by atoms with E-state index in [4.69, 9.17) is 0 Å². The normalized spacial score (nSPS) is 10.2. The van der Waals surface area contributed by atoms with Gasteiger partial charge in [-0.1, -0.05) is 0 Å². The van der Waals surface area contributed by atoms with Gasteiger partial charge in [0.2, 0.25) is 0 Å². The van der Waals surface area contributed by atoms with Crippen LogP contribution >= 0.6 is 0 Å². The Labute approximate surface area is 103 Å². The third-order valence-corrected chi connectivity index (χ3v) is 4.72. The summed E-state index contributed by atoms with van der Waals surface area (Å²) < 4.78 is 1.95. The number of rotatable bonds is 3. The molecule has 0 saturated carbocycles. The molecular formula is C12H8INO2-2. The maximum atomic E-state index is 10.9. The zero-order chi connectivity index (χ0) is 11.4. The van der Waals surface area contributed by atoms with Gasteiger partial charge in [-0.15, -0.1) is 0 Å². The van der Waals surface area contributed by atoms with Crippen LogP contribution in [-0.4, -0.2) is 11.0 Å². The fourth-order valence-electron chi connectivity index (χ4n) is 1.21. The van der Waals surface area contributed by atoms with Crippen LogP contribution in [-0.2, 0) is 0 Å². The second-order valence-corrected chi connectivity index (χ2v) is 5.98. The Hall–Kier alpha value is -1.43. The minimum absolute atomic E-state index is 0.256. The van der Waals surface area contributed by atoms with E-state index in [1.165, 1.54) is 12.3 Å². The van der Waals surface area contributed by atoms with Crippen LogP contribution in [0.2, 0.25) is 0 Å². The Balaban J connectivity index is 2.31. The average molecular weight is 325 g/mol. The van der Waals surface area contributed by atoms with E-state index in [1.54, 1.807) is 6.20 Å². The molecule has 0 aliphatic rings. The van der Waals surface area contributed by atoms with Gasteiger partial charge in [-0.05, 0) is 0 Å².